The molecule has 0 aromatic rings. The molecule has 0 saturated carbocycles. The third-order valence-electron chi connectivity index (χ3n) is 3.11. The van der Waals surface area contributed by atoms with Crippen molar-refractivity contribution in [3.63, 3.8) is 0 Å². The molecule has 2 N–H and O–H groups in total. The Hall–Kier alpha value is -0.120. The summed E-state index contributed by atoms with van der Waals surface area (Å²) in [5, 5.41) is 13.5. The molecule has 0 saturated heterocycles. The Morgan fingerprint density at radius 3 is 2.20 bits per heavy atom. The standard InChI is InChI=1S/C12H28N2O/c1-6-12(15,7-2)10-13-11(3)8-9-14(4)5/h11,13,15H,6-10H2,1-5H3. The van der Waals surface area contributed by atoms with E-state index in [0.29, 0.717) is 12.6 Å². The van der Waals surface area contributed by atoms with Crippen LogP contribution in [-0.2, 0) is 0 Å². The molecule has 0 aliphatic rings. The predicted molar refractivity (Wildman–Crippen MR) is 66.2 cm³/mol. The zero-order valence-electron chi connectivity index (χ0n) is 11.0. The lowest BCUT2D eigenvalue weighted by Crippen LogP contribution is -2.43. The lowest BCUT2D eigenvalue weighted by Gasteiger charge is -2.28. The summed E-state index contributed by atoms with van der Waals surface area (Å²) in [5.41, 5.74) is -0.521. The molecule has 3 nitrogen and oxygen atoms in total. The third kappa shape index (κ3) is 6.88. The van der Waals surface area contributed by atoms with Crippen LogP contribution < -0.4 is 5.32 Å². The van der Waals surface area contributed by atoms with Gasteiger partial charge in [-0.1, -0.05) is 13.8 Å². The fraction of sp³-hybridized carbons (Fsp3) is 1.00. The molecule has 1 unspecified atom stereocenters. The van der Waals surface area contributed by atoms with Crippen LogP contribution in [0.3, 0.4) is 0 Å². The maximum Gasteiger partial charge on any atom is 0.0766 e. The molecule has 0 aromatic carbocycles. The summed E-state index contributed by atoms with van der Waals surface area (Å²) < 4.78 is 0. The number of hydrogen-bond acceptors (Lipinski definition) is 3. The number of hydrogen-bond donors (Lipinski definition) is 2. The van der Waals surface area contributed by atoms with Crippen LogP contribution in [-0.4, -0.2) is 48.8 Å². The van der Waals surface area contributed by atoms with Gasteiger partial charge in [-0.2, -0.15) is 0 Å². The molecule has 15 heavy (non-hydrogen) atoms. The Bertz CT molecular complexity index is 156. The van der Waals surface area contributed by atoms with Crippen molar-refractivity contribution < 1.29 is 5.11 Å². The Morgan fingerprint density at radius 1 is 1.27 bits per heavy atom. The van der Waals surface area contributed by atoms with Crippen LogP contribution in [0.15, 0.2) is 0 Å². The van der Waals surface area contributed by atoms with Crippen molar-refractivity contribution in [3.05, 3.63) is 0 Å². The summed E-state index contributed by atoms with van der Waals surface area (Å²) >= 11 is 0. The predicted octanol–water partition coefficient (Wildman–Crippen LogP) is 1.47. The summed E-state index contributed by atoms with van der Waals surface area (Å²) in [4.78, 5) is 2.18. The van der Waals surface area contributed by atoms with Gasteiger partial charge in [0, 0.05) is 12.6 Å². The van der Waals surface area contributed by atoms with E-state index in [1.165, 1.54) is 0 Å². The van der Waals surface area contributed by atoms with E-state index >= 15 is 0 Å². The van der Waals surface area contributed by atoms with E-state index in [-0.39, 0.29) is 0 Å². The zero-order chi connectivity index (χ0) is 11.9. The second kappa shape index (κ2) is 7.20. The van der Waals surface area contributed by atoms with Crippen molar-refractivity contribution in [1.82, 2.24) is 10.2 Å². The van der Waals surface area contributed by atoms with Crippen molar-refractivity contribution in [3.8, 4) is 0 Å². The van der Waals surface area contributed by atoms with Gasteiger partial charge in [-0.05, 0) is 46.8 Å². The first kappa shape index (κ1) is 14.9. The van der Waals surface area contributed by atoms with Crippen LogP contribution in [0.1, 0.15) is 40.0 Å². The maximum atomic E-state index is 10.1. The number of nitrogens with one attached hydrogen (secondary N) is 1. The first-order chi connectivity index (χ1) is 6.93. The smallest absolute Gasteiger partial charge is 0.0766 e. The van der Waals surface area contributed by atoms with Crippen LogP contribution in [0.4, 0.5) is 0 Å². The second-order valence-corrected chi connectivity index (χ2v) is 4.81. The monoisotopic (exact) mass is 216 g/mol. The molecule has 0 fully saturated rings. The van der Waals surface area contributed by atoms with Crippen LogP contribution in [0.25, 0.3) is 0 Å². The van der Waals surface area contributed by atoms with Gasteiger partial charge in [-0.3, -0.25) is 0 Å². The number of aliphatic hydroxyl groups is 1. The summed E-state index contributed by atoms with van der Waals surface area (Å²) in [6, 6.07) is 0.469. The molecule has 3 heteroatoms. The van der Waals surface area contributed by atoms with Gasteiger partial charge >= 0.3 is 0 Å². The largest absolute Gasteiger partial charge is 0.389 e. The summed E-state index contributed by atoms with van der Waals surface area (Å²) in [5.74, 6) is 0. The van der Waals surface area contributed by atoms with Crippen LogP contribution in [0, 0.1) is 0 Å². The molecule has 0 heterocycles. The molecule has 1 atom stereocenters. The van der Waals surface area contributed by atoms with Crippen molar-refractivity contribution in [2.24, 2.45) is 0 Å². The Balaban J connectivity index is 3.73. The molecule has 0 bridgehead atoms. The zero-order valence-corrected chi connectivity index (χ0v) is 11.0. The normalized spacial score (nSPS) is 14.6. The highest BCUT2D eigenvalue weighted by Gasteiger charge is 2.22. The fourth-order valence-electron chi connectivity index (χ4n) is 1.42. The van der Waals surface area contributed by atoms with Gasteiger partial charge in [0.1, 0.15) is 0 Å². The average Bonchev–Trinajstić information content (AvgIpc) is 2.23. The highest BCUT2D eigenvalue weighted by Crippen LogP contribution is 2.13. The topological polar surface area (TPSA) is 35.5 Å². The molecule has 0 aromatic heterocycles. The molecule has 0 aliphatic heterocycles. The summed E-state index contributed by atoms with van der Waals surface area (Å²) in [6.45, 7) is 8.04. The van der Waals surface area contributed by atoms with Crippen molar-refractivity contribution in [2.45, 2.75) is 51.7 Å². The Labute approximate surface area is 94.9 Å². The lowest BCUT2D eigenvalue weighted by atomic mass is 9.97. The van der Waals surface area contributed by atoms with Gasteiger partial charge in [0.15, 0.2) is 0 Å². The SMILES string of the molecule is CCC(O)(CC)CNC(C)CCN(C)C. The molecule has 0 rings (SSSR count). The van der Waals surface area contributed by atoms with Gasteiger partial charge in [-0.15, -0.1) is 0 Å². The Morgan fingerprint density at radius 2 is 1.80 bits per heavy atom. The van der Waals surface area contributed by atoms with E-state index in [4.69, 9.17) is 0 Å². The third-order valence-corrected chi connectivity index (χ3v) is 3.11. The molecular weight excluding hydrogens is 188 g/mol. The van der Waals surface area contributed by atoms with Crippen molar-refractivity contribution in [2.75, 3.05) is 27.2 Å². The van der Waals surface area contributed by atoms with Gasteiger partial charge in [0.2, 0.25) is 0 Å². The van der Waals surface area contributed by atoms with E-state index in [0.717, 1.165) is 25.8 Å². The Kier molecular flexibility index (Phi) is 7.14. The molecule has 0 spiro atoms. The summed E-state index contributed by atoms with van der Waals surface area (Å²) in [7, 11) is 4.17. The second-order valence-electron chi connectivity index (χ2n) is 4.81. The van der Waals surface area contributed by atoms with E-state index in [1.54, 1.807) is 0 Å². The summed E-state index contributed by atoms with van der Waals surface area (Å²) in [6.07, 6.45) is 2.75. The maximum absolute atomic E-state index is 10.1. The van der Waals surface area contributed by atoms with Gasteiger partial charge in [-0.25, -0.2) is 0 Å². The molecule has 0 radical (unpaired) electrons. The fourth-order valence-corrected chi connectivity index (χ4v) is 1.42. The minimum atomic E-state index is -0.521. The molecule has 0 aliphatic carbocycles. The van der Waals surface area contributed by atoms with Gasteiger partial charge < -0.3 is 15.3 Å². The van der Waals surface area contributed by atoms with Crippen LogP contribution in [0.2, 0.25) is 0 Å². The number of nitrogens with zero attached hydrogens (tertiary/aromatic N) is 1. The van der Waals surface area contributed by atoms with Crippen LogP contribution >= 0.6 is 0 Å². The lowest BCUT2D eigenvalue weighted by molar-refractivity contribution is 0.0299. The van der Waals surface area contributed by atoms with E-state index < -0.39 is 5.60 Å². The number of rotatable bonds is 8. The van der Waals surface area contributed by atoms with Crippen molar-refractivity contribution >= 4 is 0 Å². The highest BCUT2D eigenvalue weighted by molar-refractivity contribution is 4.79. The highest BCUT2D eigenvalue weighted by atomic mass is 16.3. The van der Waals surface area contributed by atoms with E-state index in [9.17, 15) is 5.11 Å². The van der Waals surface area contributed by atoms with Crippen LogP contribution in [0.5, 0.6) is 0 Å². The quantitative estimate of drug-likeness (QED) is 0.645. The minimum Gasteiger partial charge on any atom is -0.389 e. The van der Waals surface area contributed by atoms with E-state index in [1.807, 2.05) is 13.8 Å². The minimum absolute atomic E-state index is 0.469. The van der Waals surface area contributed by atoms with Crippen molar-refractivity contribution in [1.29, 1.82) is 0 Å². The first-order valence-corrected chi connectivity index (χ1v) is 6.04. The van der Waals surface area contributed by atoms with Gasteiger partial charge in [0.25, 0.3) is 0 Å². The molecular formula is C12H28N2O. The average molecular weight is 216 g/mol. The first-order valence-electron chi connectivity index (χ1n) is 6.04. The molecule has 92 valence electrons. The van der Waals surface area contributed by atoms with E-state index in [2.05, 4.69) is 31.2 Å². The molecule has 0 amide bonds. The van der Waals surface area contributed by atoms with Gasteiger partial charge in [0.05, 0.1) is 5.60 Å².